The van der Waals surface area contributed by atoms with Gasteiger partial charge in [0.1, 0.15) is 0 Å². The van der Waals surface area contributed by atoms with Gasteiger partial charge in [-0.3, -0.25) is 10.1 Å². The summed E-state index contributed by atoms with van der Waals surface area (Å²) >= 11 is 0. The van der Waals surface area contributed by atoms with Crippen molar-refractivity contribution in [3.05, 3.63) is 39.9 Å². The quantitative estimate of drug-likeness (QED) is 0.456. The summed E-state index contributed by atoms with van der Waals surface area (Å²) in [5.41, 5.74) is 0.139. The molecule has 0 amide bonds. The second kappa shape index (κ2) is 3.12. The fraction of sp³-hybridized carbons (Fsp3) is 0.143. The lowest BCUT2D eigenvalue weighted by Crippen LogP contribution is -2.05. The van der Waals surface area contributed by atoms with E-state index in [1.807, 2.05) is 0 Å². The van der Waals surface area contributed by atoms with Gasteiger partial charge in [0.2, 0.25) is 0 Å². The number of para-hydroxylation sites is 1. The van der Waals surface area contributed by atoms with Gasteiger partial charge in [0, 0.05) is 11.6 Å². The van der Waals surface area contributed by atoms with E-state index in [1.54, 1.807) is 6.07 Å². The van der Waals surface area contributed by atoms with Gasteiger partial charge < -0.3 is 5.11 Å². The topological polar surface area (TPSA) is 66.2 Å². The molecule has 0 aliphatic heterocycles. The van der Waals surface area contributed by atoms with E-state index in [4.69, 9.17) is 0 Å². The van der Waals surface area contributed by atoms with Crippen molar-refractivity contribution < 1.29 is 10.0 Å². The third-order valence-electron chi connectivity index (χ3n) is 1.34. The summed E-state index contributed by atoms with van der Waals surface area (Å²) in [6, 6.07) is 5.94. The predicted octanol–water partition coefficient (Wildman–Crippen LogP) is 0.455. The van der Waals surface area contributed by atoms with E-state index in [1.165, 1.54) is 18.2 Å². The van der Waals surface area contributed by atoms with Crippen LogP contribution in [0.3, 0.4) is 0 Å². The first kappa shape index (κ1) is 7.68. The minimum atomic E-state index is -0.548. The van der Waals surface area contributed by atoms with Crippen molar-refractivity contribution in [3.8, 4) is 0 Å². The van der Waals surface area contributed by atoms with Crippen LogP contribution < -0.4 is 5.11 Å². The molecule has 0 radical (unpaired) electrons. The van der Waals surface area contributed by atoms with E-state index < -0.39 is 11.5 Å². The first-order valence-electron chi connectivity index (χ1n) is 3.06. The van der Waals surface area contributed by atoms with Crippen LogP contribution in [0.15, 0.2) is 24.3 Å². The smallest absolute Gasteiger partial charge is 0.271 e. The molecule has 0 heterocycles. The Morgan fingerprint density at radius 2 is 2.00 bits per heavy atom. The molecule has 0 atom stereocenters. The van der Waals surface area contributed by atoms with Crippen molar-refractivity contribution in [2.45, 2.75) is 6.61 Å². The molecule has 4 heteroatoms. The second-order valence-corrected chi connectivity index (χ2v) is 2.03. The lowest BCUT2D eigenvalue weighted by molar-refractivity contribution is -0.403. The monoisotopic (exact) mass is 152 g/mol. The molecule has 0 unspecified atom stereocenters. The van der Waals surface area contributed by atoms with Crippen LogP contribution in [0.4, 0.5) is 5.69 Å². The highest BCUT2D eigenvalue weighted by molar-refractivity contribution is 5.38. The van der Waals surface area contributed by atoms with Crippen LogP contribution >= 0.6 is 0 Å². The molecule has 0 spiro atoms. The van der Waals surface area contributed by atoms with Gasteiger partial charge in [-0.25, -0.2) is 0 Å². The molecule has 11 heavy (non-hydrogen) atoms. The molecule has 0 bridgehead atoms. The zero-order valence-corrected chi connectivity index (χ0v) is 5.69. The Kier molecular flexibility index (Phi) is 2.18. The number of hydrogen-bond acceptors (Lipinski definition) is 3. The molecular formula is C7H6NO3-. The van der Waals surface area contributed by atoms with Gasteiger partial charge in [-0.1, -0.05) is 18.2 Å². The summed E-state index contributed by atoms with van der Waals surface area (Å²) in [7, 11) is 0. The average Bonchev–Trinajstić information content (AvgIpc) is 2.04. The highest BCUT2D eigenvalue weighted by Gasteiger charge is 2.07. The molecule has 0 N–H and O–H groups in total. The summed E-state index contributed by atoms with van der Waals surface area (Å²) in [5, 5.41) is 20.6. The largest absolute Gasteiger partial charge is 0.851 e. The molecule has 0 aromatic heterocycles. The first-order valence-corrected chi connectivity index (χ1v) is 3.06. The van der Waals surface area contributed by atoms with Crippen molar-refractivity contribution >= 4 is 5.69 Å². The molecule has 0 saturated carbocycles. The number of nitrogens with zero attached hydrogens (tertiary/aromatic N) is 1. The fourth-order valence-electron chi connectivity index (χ4n) is 0.811. The Morgan fingerprint density at radius 3 is 2.45 bits per heavy atom. The number of rotatable bonds is 2. The van der Waals surface area contributed by atoms with E-state index in [2.05, 4.69) is 0 Å². The van der Waals surface area contributed by atoms with E-state index in [9.17, 15) is 15.2 Å². The third kappa shape index (κ3) is 1.53. The molecule has 0 fully saturated rings. The van der Waals surface area contributed by atoms with E-state index in [0.717, 1.165) is 0 Å². The van der Waals surface area contributed by atoms with Crippen LogP contribution in [0.25, 0.3) is 0 Å². The van der Waals surface area contributed by atoms with Crippen LogP contribution in [0.2, 0.25) is 0 Å². The zero-order chi connectivity index (χ0) is 8.27. The standard InChI is InChI=1S/C7H6NO3/c9-5-6-3-1-2-4-7(6)8(10)11/h1-4H,5H2/q-1. The molecule has 1 rings (SSSR count). The zero-order valence-electron chi connectivity index (χ0n) is 5.69. The van der Waals surface area contributed by atoms with E-state index in [0.29, 0.717) is 0 Å². The van der Waals surface area contributed by atoms with Gasteiger partial charge in [-0.2, -0.15) is 0 Å². The summed E-state index contributed by atoms with van der Waals surface area (Å²) < 4.78 is 0. The summed E-state index contributed by atoms with van der Waals surface area (Å²) in [5.74, 6) is 0. The Bertz CT molecular complexity index is 272. The predicted molar refractivity (Wildman–Crippen MR) is 36.8 cm³/mol. The summed E-state index contributed by atoms with van der Waals surface area (Å²) in [6.07, 6.45) is 0. The van der Waals surface area contributed by atoms with E-state index >= 15 is 0 Å². The van der Waals surface area contributed by atoms with Gasteiger partial charge >= 0.3 is 0 Å². The minimum absolute atomic E-state index is 0.0949. The highest BCUT2D eigenvalue weighted by Crippen LogP contribution is 2.15. The summed E-state index contributed by atoms with van der Waals surface area (Å²) in [4.78, 5) is 9.70. The first-order chi connectivity index (χ1) is 5.25. The highest BCUT2D eigenvalue weighted by atomic mass is 16.6. The number of nitro groups is 1. The van der Waals surface area contributed by atoms with Crippen molar-refractivity contribution in [3.63, 3.8) is 0 Å². The molecule has 0 aliphatic rings. The van der Waals surface area contributed by atoms with Crippen LogP contribution in [-0.2, 0) is 6.61 Å². The Morgan fingerprint density at radius 1 is 1.36 bits per heavy atom. The maximum Gasteiger partial charge on any atom is 0.271 e. The van der Waals surface area contributed by atoms with Gasteiger partial charge in [0.05, 0.1) is 4.92 Å². The molecule has 1 aromatic rings. The Balaban J connectivity index is 3.12. The molecule has 1 aromatic carbocycles. The minimum Gasteiger partial charge on any atom is -0.851 e. The van der Waals surface area contributed by atoms with Crippen LogP contribution in [0.5, 0.6) is 0 Å². The van der Waals surface area contributed by atoms with E-state index in [-0.39, 0.29) is 11.3 Å². The second-order valence-electron chi connectivity index (χ2n) is 2.03. The maximum atomic E-state index is 10.4. The summed E-state index contributed by atoms with van der Waals surface area (Å²) in [6.45, 7) is -0.544. The van der Waals surface area contributed by atoms with Gasteiger partial charge in [0.25, 0.3) is 5.69 Å². The molecular weight excluding hydrogens is 146 g/mol. The van der Waals surface area contributed by atoms with Crippen molar-refractivity contribution in [2.24, 2.45) is 0 Å². The van der Waals surface area contributed by atoms with Gasteiger partial charge in [-0.05, 0) is 0 Å². The third-order valence-corrected chi connectivity index (χ3v) is 1.34. The molecule has 58 valence electrons. The number of nitro benzene ring substituents is 1. The Labute approximate surface area is 63.2 Å². The lowest BCUT2D eigenvalue weighted by Gasteiger charge is -2.03. The molecule has 0 aliphatic carbocycles. The van der Waals surface area contributed by atoms with Crippen LogP contribution in [0.1, 0.15) is 5.56 Å². The lowest BCUT2D eigenvalue weighted by atomic mass is 10.2. The molecule has 0 saturated heterocycles. The Hall–Kier alpha value is -1.42. The number of benzene rings is 1. The molecule has 4 nitrogen and oxygen atoms in total. The van der Waals surface area contributed by atoms with Gasteiger partial charge in [-0.15, -0.1) is 6.61 Å². The van der Waals surface area contributed by atoms with Crippen molar-refractivity contribution in [1.29, 1.82) is 0 Å². The van der Waals surface area contributed by atoms with Crippen molar-refractivity contribution in [2.75, 3.05) is 0 Å². The van der Waals surface area contributed by atoms with Crippen molar-refractivity contribution in [1.82, 2.24) is 0 Å². The average molecular weight is 152 g/mol. The SMILES string of the molecule is O=[N+]([O-])c1ccccc1C[O-]. The normalized spacial score (nSPS) is 9.55. The maximum absolute atomic E-state index is 10.4. The number of hydrogen-bond donors (Lipinski definition) is 0. The fourth-order valence-corrected chi connectivity index (χ4v) is 0.811. The van der Waals surface area contributed by atoms with Crippen LogP contribution in [0, 0.1) is 10.1 Å². The van der Waals surface area contributed by atoms with Crippen LogP contribution in [-0.4, -0.2) is 4.92 Å². The van der Waals surface area contributed by atoms with Gasteiger partial charge in [0.15, 0.2) is 0 Å².